The molecule has 0 aliphatic rings. The number of nitrogens with zero attached hydrogens (tertiary/aromatic N) is 4. The Balaban J connectivity index is 1.01. The molecule has 0 radical (unpaired) electrons. The third-order valence-corrected chi connectivity index (χ3v) is 13.6. The fourth-order valence-electron chi connectivity index (χ4n) is 10.5. The van der Waals surface area contributed by atoms with E-state index in [0.29, 0.717) is 17.5 Å². The zero-order chi connectivity index (χ0) is 44.5. The van der Waals surface area contributed by atoms with Gasteiger partial charge in [0.1, 0.15) is 33.5 Å². The van der Waals surface area contributed by atoms with E-state index in [1.165, 1.54) is 21.5 Å². The van der Waals surface area contributed by atoms with Crippen molar-refractivity contribution in [2.75, 3.05) is 0 Å². The molecule has 10 aromatic carbocycles. The lowest BCUT2D eigenvalue weighted by Crippen LogP contribution is -2.02. The molecule has 5 heterocycles. The third-order valence-electron chi connectivity index (χ3n) is 13.6. The van der Waals surface area contributed by atoms with Crippen LogP contribution >= 0.6 is 0 Å². The first-order chi connectivity index (χ1) is 33.7. The van der Waals surface area contributed by atoms with Crippen LogP contribution in [0.2, 0.25) is 0 Å². The second kappa shape index (κ2) is 14.1. The van der Waals surface area contributed by atoms with Crippen molar-refractivity contribution in [2.24, 2.45) is 0 Å². The van der Waals surface area contributed by atoms with E-state index in [4.69, 9.17) is 28.2 Å². The molecule has 316 valence electrons. The van der Waals surface area contributed by atoms with E-state index < -0.39 is 0 Å². The normalized spacial score (nSPS) is 12.1. The minimum atomic E-state index is 0.522. The van der Waals surface area contributed by atoms with Crippen molar-refractivity contribution < 1.29 is 13.3 Å². The number of para-hydroxylation sites is 4. The molecular formula is C61H34N4O3. The highest BCUT2D eigenvalue weighted by molar-refractivity contribution is 6.16. The summed E-state index contributed by atoms with van der Waals surface area (Å²) in [5.74, 6) is 1.57. The molecule has 0 aliphatic carbocycles. The quantitative estimate of drug-likeness (QED) is 0.171. The maximum atomic E-state index is 6.52. The Kier molecular flexibility index (Phi) is 7.65. The number of rotatable bonds is 5. The first-order valence-corrected chi connectivity index (χ1v) is 22.7. The number of benzene rings is 10. The Morgan fingerprint density at radius 1 is 0.294 bits per heavy atom. The molecule has 15 aromatic rings. The van der Waals surface area contributed by atoms with Crippen LogP contribution in [0.4, 0.5) is 0 Å². The van der Waals surface area contributed by atoms with E-state index in [9.17, 15) is 0 Å². The molecule has 15 rings (SSSR count). The average Bonchev–Trinajstić information content (AvgIpc) is 4.16. The van der Waals surface area contributed by atoms with Gasteiger partial charge in [-0.05, 0) is 107 Å². The summed E-state index contributed by atoms with van der Waals surface area (Å²) in [6, 6.07) is 71.7. The van der Waals surface area contributed by atoms with Gasteiger partial charge in [0, 0.05) is 65.5 Å². The van der Waals surface area contributed by atoms with Gasteiger partial charge in [-0.2, -0.15) is 0 Å². The second-order valence-electron chi connectivity index (χ2n) is 17.5. The van der Waals surface area contributed by atoms with Crippen LogP contribution in [-0.4, -0.2) is 19.5 Å². The summed E-state index contributed by atoms with van der Waals surface area (Å²) in [6.07, 6.45) is 0. The summed E-state index contributed by atoms with van der Waals surface area (Å²) in [5, 5.41) is 11.0. The Morgan fingerprint density at radius 3 is 1.51 bits per heavy atom. The fraction of sp³-hybridized carbons (Fsp3) is 0. The number of hydrogen-bond donors (Lipinski definition) is 0. The van der Waals surface area contributed by atoms with E-state index in [2.05, 4.69) is 144 Å². The molecule has 0 bridgehead atoms. The zero-order valence-corrected chi connectivity index (χ0v) is 36.1. The van der Waals surface area contributed by atoms with Crippen LogP contribution in [0.5, 0.6) is 0 Å². The van der Waals surface area contributed by atoms with E-state index in [1.807, 2.05) is 66.7 Å². The zero-order valence-electron chi connectivity index (χ0n) is 36.1. The molecule has 7 heteroatoms. The van der Waals surface area contributed by atoms with Crippen LogP contribution in [0.3, 0.4) is 0 Å². The van der Waals surface area contributed by atoms with E-state index in [-0.39, 0.29) is 0 Å². The second-order valence-corrected chi connectivity index (χ2v) is 17.5. The molecule has 0 atom stereocenters. The van der Waals surface area contributed by atoms with E-state index in [0.717, 1.165) is 110 Å². The number of furan rings is 3. The maximum Gasteiger partial charge on any atom is 0.164 e. The van der Waals surface area contributed by atoms with Gasteiger partial charge in [-0.1, -0.05) is 121 Å². The van der Waals surface area contributed by atoms with Crippen molar-refractivity contribution in [1.82, 2.24) is 19.5 Å². The first kappa shape index (κ1) is 36.9. The molecule has 68 heavy (non-hydrogen) atoms. The van der Waals surface area contributed by atoms with Crippen molar-refractivity contribution in [2.45, 2.75) is 0 Å². The molecular weight excluding hydrogens is 837 g/mol. The summed E-state index contributed by atoms with van der Waals surface area (Å²) >= 11 is 0. The molecule has 0 amide bonds. The predicted molar refractivity (Wildman–Crippen MR) is 275 cm³/mol. The lowest BCUT2D eigenvalue weighted by Gasteiger charge is -2.16. The van der Waals surface area contributed by atoms with Crippen LogP contribution in [0.25, 0.3) is 149 Å². The van der Waals surface area contributed by atoms with Crippen molar-refractivity contribution in [3.63, 3.8) is 0 Å². The van der Waals surface area contributed by atoms with Gasteiger partial charge in [0.05, 0.1) is 11.0 Å². The van der Waals surface area contributed by atoms with Crippen molar-refractivity contribution in [3.8, 4) is 51.0 Å². The lowest BCUT2D eigenvalue weighted by atomic mass is 9.94. The summed E-state index contributed by atoms with van der Waals surface area (Å²) < 4.78 is 21.7. The van der Waals surface area contributed by atoms with Crippen LogP contribution in [0.1, 0.15) is 0 Å². The summed E-state index contributed by atoms with van der Waals surface area (Å²) in [7, 11) is 0. The predicted octanol–water partition coefficient (Wildman–Crippen LogP) is 16.5. The molecule has 0 saturated heterocycles. The van der Waals surface area contributed by atoms with Crippen molar-refractivity contribution in [3.05, 3.63) is 206 Å². The summed E-state index contributed by atoms with van der Waals surface area (Å²) in [5.41, 5.74) is 12.5. The lowest BCUT2D eigenvalue weighted by molar-refractivity contribution is 0.668. The van der Waals surface area contributed by atoms with Crippen molar-refractivity contribution >= 4 is 98.4 Å². The van der Waals surface area contributed by atoms with Gasteiger partial charge in [-0.25, -0.2) is 15.0 Å². The highest BCUT2D eigenvalue weighted by Gasteiger charge is 2.23. The first-order valence-electron chi connectivity index (χ1n) is 22.7. The number of hydrogen-bond acceptors (Lipinski definition) is 6. The minimum Gasteiger partial charge on any atom is -0.456 e. The molecule has 0 N–H and O–H groups in total. The summed E-state index contributed by atoms with van der Waals surface area (Å²) in [4.78, 5) is 16.0. The Morgan fingerprint density at radius 2 is 0.824 bits per heavy atom. The standard InChI is InChI=1S/C61H34N4O3/c1-2-13-36-31-51-49(30-35(36)12-1)40-14-3-7-19-50(40)65(51)39-26-29-46(48(34-39)45-18-11-23-55-58(45)47-17-6-10-22-54(47)66-55)61-63-59(37-24-27-43-41-15-4-8-20-52(41)67-56(43)32-37)62-60(64-61)38-25-28-44-42-16-5-9-21-53(42)68-57(44)33-38/h1-34H. The molecule has 0 aliphatic heterocycles. The number of aromatic nitrogens is 4. The van der Waals surface area contributed by atoms with Gasteiger partial charge >= 0.3 is 0 Å². The molecule has 0 fully saturated rings. The number of fused-ring (bicyclic) bond motifs is 13. The van der Waals surface area contributed by atoms with Crippen LogP contribution < -0.4 is 0 Å². The fourth-order valence-corrected chi connectivity index (χ4v) is 10.5. The Bertz CT molecular complexity index is 4460. The largest absolute Gasteiger partial charge is 0.456 e. The molecule has 7 nitrogen and oxygen atoms in total. The molecule has 5 aromatic heterocycles. The van der Waals surface area contributed by atoms with Gasteiger partial charge in [-0.3, -0.25) is 0 Å². The molecule has 0 unspecified atom stereocenters. The van der Waals surface area contributed by atoms with Gasteiger partial charge in [-0.15, -0.1) is 0 Å². The SMILES string of the molecule is c1ccc2cc3c(cc2c1)c1ccccc1n3-c1ccc(-c2nc(-c3ccc4c(c3)oc3ccccc34)nc(-c3ccc4c(c3)oc3ccccc34)n2)c(-c2cccc3oc4ccccc4c23)c1. The van der Waals surface area contributed by atoms with Crippen LogP contribution in [-0.2, 0) is 0 Å². The van der Waals surface area contributed by atoms with Gasteiger partial charge in [0.15, 0.2) is 17.5 Å². The highest BCUT2D eigenvalue weighted by atomic mass is 16.3. The third kappa shape index (κ3) is 5.50. The van der Waals surface area contributed by atoms with E-state index >= 15 is 0 Å². The van der Waals surface area contributed by atoms with Crippen LogP contribution in [0, 0.1) is 0 Å². The smallest absolute Gasteiger partial charge is 0.164 e. The van der Waals surface area contributed by atoms with Gasteiger partial charge in [0.25, 0.3) is 0 Å². The average molecular weight is 871 g/mol. The summed E-state index contributed by atoms with van der Waals surface area (Å²) in [6.45, 7) is 0. The minimum absolute atomic E-state index is 0.522. The van der Waals surface area contributed by atoms with Crippen molar-refractivity contribution in [1.29, 1.82) is 0 Å². The van der Waals surface area contributed by atoms with E-state index in [1.54, 1.807) is 0 Å². The molecule has 0 spiro atoms. The topological polar surface area (TPSA) is 83.0 Å². The Labute approximate surface area is 386 Å². The van der Waals surface area contributed by atoms with Crippen LogP contribution in [0.15, 0.2) is 220 Å². The highest BCUT2D eigenvalue weighted by Crippen LogP contribution is 2.44. The monoisotopic (exact) mass is 870 g/mol. The maximum absolute atomic E-state index is 6.52. The Hall–Kier alpha value is -9.33. The van der Waals surface area contributed by atoms with Gasteiger partial charge < -0.3 is 17.8 Å². The molecule has 0 saturated carbocycles. The van der Waals surface area contributed by atoms with Gasteiger partial charge in [0.2, 0.25) is 0 Å².